The van der Waals surface area contributed by atoms with Crippen molar-refractivity contribution in [1.82, 2.24) is 0 Å². The Hall–Kier alpha value is -2.08. The summed E-state index contributed by atoms with van der Waals surface area (Å²) in [6.45, 7) is -0.705. The highest BCUT2D eigenvalue weighted by Crippen LogP contribution is 2.24. The van der Waals surface area contributed by atoms with Crippen molar-refractivity contribution < 1.29 is 19.1 Å². The molecule has 1 amide bonds. The molecule has 0 saturated heterocycles. The molecule has 2 aromatic rings. The Bertz CT molecular complexity index is 657. The van der Waals surface area contributed by atoms with E-state index in [4.69, 9.17) is 10.5 Å². The van der Waals surface area contributed by atoms with Crippen molar-refractivity contribution in [1.29, 1.82) is 0 Å². The lowest BCUT2D eigenvalue weighted by atomic mass is 10.1. The van der Waals surface area contributed by atoms with Crippen LogP contribution < -0.4 is 10.5 Å². The van der Waals surface area contributed by atoms with E-state index in [2.05, 4.69) is 20.7 Å². The van der Waals surface area contributed by atoms with Gasteiger partial charge in [-0.15, -0.1) is 0 Å². The Morgan fingerprint density at radius 2 is 1.75 bits per heavy atom. The summed E-state index contributed by atoms with van der Waals surface area (Å²) in [5, 5.41) is 2.05. The van der Waals surface area contributed by atoms with Crippen molar-refractivity contribution in [2.24, 2.45) is 5.73 Å². The van der Waals surface area contributed by atoms with Crippen LogP contribution in [0.15, 0.2) is 40.9 Å². The fraction of sp³-hybridized carbons (Fsp3) is 0.143. The summed E-state index contributed by atoms with van der Waals surface area (Å²) in [4.78, 5) is 21.7. The van der Waals surface area contributed by atoms with Gasteiger partial charge in [0.15, 0.2) is 13.2 Å². The molecule has 0 saturated carbocycles. The average molecular weight is 338 g/mol. The zero-order valence-electron chi connectivity index (χ0n) is 10.5. The summed E-state index contributed by atoms with van der Waals surface area (Å²) >= 11 is 3.40. The van der Waals surface area contributed by atoms with Gasteiger partial charge in [0.1, 0.15) is 5.75 Å². The Labute approximate surface area is 123 Å². The third-order valence-corrected chi connectivity index (χ3v) is 3.00. The van der Waals surface area contributed by atoms with Gasteiger partial charge in [-0.3, -0.25) is 4.79 Å². The monoisotopic (exact) mass is 337 g/mol. The Balaban J connectivity index is 1.98. The standard InChI is InChI=1S/C14H12BrNO4/c15-11-3-1-10-6-12(4-2-9(10)5-11)19-8-14(18)20-7-13(16)17/h1-6H,7-8H2,(H2,16,17). The predicted octanol–water partition coefficient (Wildman–Crippen LogP) is 2.01. The first-order chi connectivity index (χ1) is 9.54. The lowest BCUT2D eigenvalue weighted by Crippen LogP contribution is -2.23. The van der Waals surface area contributed by atoms with Crippen LogP contribution in [0, 0.1) is 0 Å². The second-order valence-corrected chi connectivity index (χ2v) is 4.98. The zero-order chi connectivity index (χ0) is 14.5. The van der Waals surface area contributed by atoms with Gasteiger partial charge in [0.25, 0.3) is 5.91 Å². The highest BCUT2D eigenvalue weighted by Gasteiger charge is 2.06. The fourth-order valence-electron chi connectivity index (χ4n) is 1.62. The van der Waals surface area contributed by atoms with Crippen LogP contribution in [0.25, 0.3) is 10.8 Å². The van der Waals surface area contributed by atoms with Gasteiger partial charge in [0, 0.05) is 4.47 Å². The van der Waals surface area contributed by atoms with Crippen LogP contribution in [0.4, 0.5) is 0 Å². The maximum atomic E-state index is 11.3. The molecule has 0 fully saturated rings. The molecule has 0 bridgehead atoms. The van der Waals surface area contributed by atoms with Crippen molar-refractivity contribution in [3.05, 3.63) is 40.9 Å². The quantitative estimate of drug-likeness (QED) is 0.846. The van der Waals surface area contributed by atoms with E-state index in [0.29, 0.717) is 5.75 Å². The number of rotatable bonds is 5. The first-order valence-electron chi connectivity index (χ1n) is 5.80. The number of esters is 1. The van der Waals surface area contributed by atoms with Crippen LogP contribution in [0.2, 0.25) is 0 Å². The van der Waals surface area contributed by atoms with Crippen molar-refractivity contribution >= 4 is 38.6 Å². The van der Waals surface area contributed by atoms with Crippen LogP contribution in [0.3, 0.4) is 0 Å². The van der Waals surface area contributed by atoms with Gasteiger partial charge < -0.3 is 15.2 Å². The molecule has 0 aromatic heterocycles. The minimum atomic E-state index is -0.699. The third-order valence-electron chi connectivity index (χ3n) is 2.51. The van der Waals surface area contributed by atoms with Gasteiger partial charge >= 0.3 is 5.97 Å². The largest absolute Gasteiger partial charge is 0.482 e. The average Bonchev–Trinajstić information content (AvgIpc) is 2.42. The van der Waals surface area contributed by atoms with E-state index in [1.54, 1.807) is 6.07 Å². The molecule has 0 atom stereocenters. The van der Waals surface area contributed by atoms with Crippen molar-refractivity contribution in [3.63, 3.8) is 0 Å². The Kier molecular flexibility index (Phi) is 4.57. The molecular weight excluding hydrogens is 326 g/mol. The number of hydrogen-bond donors (Lipinski definition) is 1. The summed E-state index contributed by atoms with van der Waals surface area (Å²) < 4.78 is 10.9. The smallest absolute Gasteiger partial charge is 0.344 e. The lowest BCUT2D eigenvalue weighted by molar-refractivity contribution is -0.149. The van der Waals surface area contributed by atoms with Crippen LogP contribution >= 0.6 is 15.9 Å². The molecule has 6 heteroatoms. The summed E-state index contributed by atoms with van der Waals surface area (Å²) in [6.07, 6.45) is 0. The Morgan fingerprint density at radius 1 is 1.05 bits per heavy atom. The normalized spacial score (nSPS) is 10.2. The van der Waals surface area contributed by atoms with Gasteiger partial charge in [0.05, 0.1) is 0 Å². The van der Waals surface area contributed by atoms with Gasteiger partial charge in [0.2, 0.25) is 0 Å². The van der Waals surface area contributed by atoms with Gasteiger partial charge in [-0.25, -0.2) is 4.79 Å². The zero-order valence-corrected chi connectivity index (χ0v) is 12.1. The number of carbonyl (C=O) groups is 2. The topological polar surface area (TPSA) is 78.6 Å². The van der Waals surface area contributed by atoms with Gasteiger partial charge in [-0.05, 0) is 35.0 Å². The van der Waals surface area contributed by atoms with Crippen molar-refractivity contribution in [2.45, 2.75) is 0 Å². The molecule has 0 unspecified atom stereocenters. The lowest BCUT2D eigenvalue weighted by Gasteiger charge is -2.07. The second-order valence-electron chi connectivity index (χ2n) is 4.07. The molecule has 0 radical (unpaired) electrons. The molecule has 0 heterocycles. The van der Waals surface area contributed by atoms with Crippen LogP contribution in [-0.4, -0.2) is 25.1 Å². The number of ether oxygens (including phenoxy) is 2. The van der Waals surface area contributed by atoms with Crippen LogP contribution in [0.5, 0.6) is 5.75 Å². The minimum Gasteiger partial charge on any atom is -0.482 e. The molecular formula is C14H12BrNO4. The van der Waals surface area contributed by atoms with E-state index in [9.17, 15) is 9.59 Å². The number of halogens is 1. The van der Waals surface area contributed by atoms with E-state index >= 15 is 0 Å². The Morgan fingerprint density at radius 3 is 2.50 bits per heavy atom. The van der Waals surface area contributed by atoms with E-state index in [1.807, 2.05) is 30.3 Å². The number of fused-ring (bicyclic) bond motifs is 1. The van der Waals surface area contributed by atoms with Crippen molar-refractivity contribution in [2.75, 3.05) is 13.2 Å². The molecule has 0 aliphatic heterocycles. The van der Waals surface area contributed by atoms with E-state index in [1.165, 1.54) is 0 Å². The summed E-state index contributed by atoms with van der Waals surface area (Å²) in [6, 6.07) is 11.3. The van der Waals surface area contributed by atoms with Gasteiger partial charge in [-0.1, -0.05) is 28.1 Å². The molecule has 2 rings (SSSR count). The molecule has 2 N–H and O–H groups in total. The molecule has 0 aliphatic rings. The maximum absolute atomic E-state index is 11.3. The molecule has 0 aliphatic carbocycles. The summed E-state index contributed by atoms with van der Waals surface area (Å²) in [7, 11) is 0. The van der Waals surface area contributed by atoms with Crippen LogP contribution in [-0.2, 0) is 14.3 Å². The number of amides is 1. The third kappa shape index (κ3) is 3.96. The first-order valence-corrected chi connectivity index (χ1v) is 6.60. The highest BCUT2D eigenvalue weighted by molar-refractivity contribution is 9.10. The molecule has 2 aromatic carbocycles. The highest BCUT2D eigenvalue weighted by atomic mass is 79.9. The second kappa shape index (κ2) is 6.38. The van der Waals surface area contributed by atoms with E-state index in [-0.39, 0.29) is 6.61 Å². The predicted molar refractivity (Wildman–Crippen MR) is 77.3 cm³/mol. The number of hydrogen-bond acceptors (Lipinski definition) is 4. The fourth-order valence-corrected chi connectivity index (χ4v) is 2.00. The molecule has 104 valence electrons. The number of primary amides is 1. The number of nitrogens with two attached hydrogens (primary N) is 1. The van der Waals surface area contributed by atoms with Crippen molar-refractivity contribution in [3.8, 4) is 5.75 Å². The van der Waals surface area contributed by atoms with Gasteiger partial charge in [-0.2, -0.15) is 0 Å². The minimum absolute atomic E-state index is 0.269. The molecule has 0 spiro atoms. The molecule has 20 heavy (non-hydrogen) atoms. The summed E-state index contributed by atoms with van der Waals surface area (Å²) in [5.41, 5.74) is 4.86. The maximum Gasteiger partial charge on any atom is 0.344 e. The SMILES string of the molecule is NC(=O)COC(=O)COc1ccc2cc(Br)ccc2c1. The number of carbonyl (C=O) groups excluding carboxylic acids is 2. The first kappa shape index (κ1) is 14.3. The summed E-state index contributed by atoms with van der Waals surface area (Å²) in [5.74, 6) is -0.787. The number of benzene rings is 2. The van der Waals surface area contributed by atoms with E-state index in [0.717, 1.165) is 15.2 Å². The molecule has 5 nitrogen and oxygen atoms in total. The van der Waals surface area contributed by atoms with Crippen LogP contribution in [0.1, 0.15) is 0 Å². The van der Waals surface area contributed by atoms with E-state index < -0.39 is 18.5 Å².